The highest BCUT2D eigenvalue weighted by Gasteiger charge is 2.52. The molecular formula is C105H74B2Cl3F3N12O4. The van der Waals surface area contributed by atoms with Gasteiger partial charge < -0.3 is 33.1 Å². The van der Waals surface area contributed by atoms with Crippen molar-refractivity contribution in [2.45, 2.75) is 38.9 Å². The van der Waals surface area contributed by atoms with Gasteiger partial charge in [0, 0.05) is 99.3 Å². The lowest BCUT2D eigenvalue weighted by molar-refractivity contribution is 0.00578. The first kappa shape index (κ1) is 83.9. The largest absolute Gasteiger partial charge is 0.497 e. The molecule has 0 aliphatic carbocycles. The number of aromatic nitrogens is 12. The second kappa shape index (κ2) is 35.7. The van der Waals surface area contributed by atoms with Crippen molar-refractivity contribution in [3.63, 3.8) is 0 Å². The number of hydrogen-bond acceptors (Lipinski definition) is 13. The fourth-order valence-electron chi connectivity index (χ4n) is 16.2. The normalized spacial score (nSPS) is 12.7. The molecule has 0 amide bonds. The first-order valence-electron chi connectivity index (χ1n) is 41.5. The molecule has 1 aliphatic heterocycles. The van der Waals surface area contributed by atoms with Crippen LogP contribution >= 0.6 is 34.8 Å². The lowest BCUT2D eigenvalue weighted by Gasteiger charge is -2.32. The number of nitrogens with zero attached hydrogens (tertiary/aromatic N) is 12. The van der Waals surface area contributed by atoms with Gasteiger partial charge in [0.1, 0.15) is 17.5 Å². The van der Waals surface area contributed by atoms with Crippen LogP contribution in [0.5, 0.6) is 0 Å². The molecule has 16 nitrogen and oxygen atoms in total. The van der Waals surface area contributed by atoms with Gasteiger partial charge in [0.2, 0.25) is 5.28 Å². The SMILES string of the molecule is CC1(C)OB(c2cc(-c3nc(-c4ccccc4)nc(-c4cccc5c4c4ccccc4n5-c4ccccc4)n3)ccc2F)OC1(C)C.Clc1nc(-c2ccccc2)nc(-c2cccc3c2c2ccccc2n3-c2ccccc2)n1.Fc1ccc(-c2nc(-c3ccccc3)nc(-c3cccc4c3c3ccccc3n4-c3ccccc3)n2)cc1Cl.OB(O)c1ccc(F)c(Cl)c1. The van der Waals surface area contributed by atoms with E-state index in [1.165, 1.54) is 24.3 Å². The van der Waals surface area contributed by atoms with E-state index in [9.17, 15) is 8.78 Å². The van der Waals surface area contributed by atoms with Gasteiger partial charge in [-0.3, -0.25) is 0 Å². The van der Waals surface area contributed by atoms with E-state index >= 15 is 4.39 Å². The minimum absolute atomic E-state index is 0.0174. The van der Waals surface area contributed by atoms with Crippen LogP contribution in [-0.2, 0) is 9.31 Å². The number of hydrogen-bond donors (Lipinski definition) is 2. The predicted molar refractivity (Wildman–Crippen MR) is 513 cm³/mol. The summed E-state index contributed by atoms with van der Waals surface area (Å²) in [6.07, 6.45) is 0. The molecule has 6 aromatic heterocycles. The van der Waals surface area contributed by atoms with E-state index in [1.807, 2.05) is 204 Å². The molecule has 2 N–H and O–H groups in total. The van der Waals surface area contributed by atoms with Crippen molar-refractivity contribution >= 4 is 125 Å². The van der Waals surface area contributed by atoms with Gasteiger partial charge in [-0.1, -0.05) is 266 Å². The molecule has 0 unspecified atom stereocenters. The van der Waals surface area contributed by atoms with Gasteiger partial charge in [-0.25, -0.2) is 48.1 Å². The van der Waals surface area contributed by atoms with E-state index in [0.717, 1.165) is 122 Å². The van der Waals surface area contributed by atoms with Crippen LogP contribution in [0.2, 0.25) is 15.3 Å². The van der Waals surface area contributed by atoms with E-state index in [2.05, 4.69) is 157 Å². The molecule has 0 atom stereocenters. The van der Waals surface area contributed by atoms with Gasteiger partial charge >= 0.3 is 14.2 Å². The molecule has 1 aliphatic rings. The fourth-order valence-corrected chi connectivity index (χ4v) is 16.7. The fraction of sp³-hybridized carbons (Fsp3) is 0.0571. The van der Waals surface area contributed by atoms with E-state index in [1.54, 1.807) is 24.3 Å². The molecule has 0 radical (unpaired) electrons. The highest BCUT2D eigenvalue weighted by molar-refractivity contribution is 6.62. The molecule has 7 heterocycles. The van der Waals surface area contributed by atoms with Crippen LogP contribution in [0.4, 0.5) is 13.2 Å². The molecule has 1 fully saturated rings. The Morgan fingerprint density at radius 1 is 0.287 bits per heavy atom. The van der Waals surface area contributed by atoms with E-state index in [4.69, 9.17) is 89.0 Å². The summed E-state index contributed by atoms with van der Waals surface area (Å²) in [5.74, 6) is 2.60. The quantitative estimate of drug-likeness (QED) is 0.104. The third kappa shape index (κ3) is 16.7. The van der Waals surface area contributed by atoms with Crippen LogP contribution in [0.3, 0.4) is 0 Å². The highest BCUT2D eigenvalue weighted by Crippen LogP contribution is 2.44. The Labute approximate surface area is 755 Å². The maximum atomic E-state index is 15.4. The third-order valence-electron chi connectivity index (χ3n) is 23.0. The van der Waals surface area contributed by atoms with Crippen molar-refractivity contribution in [2.24, 2.45) is 0 Å². The van der Waals surface area contributed by atoms with Crippen LogP contribution in [0.1, 0.15) is 27.7 Å². The second-order valence-corrected chi connectivity index (χ2v) is 32.8. The Morgan fingerprint density at radius 2 is 0.574 bits per heavy atom. The lowest BCUT2D eigenvalue weighted by atomic mass is 9.78. The Morgan fingerprint density at radius 3 is 0.938 bits per heavy atom. The monoisotopic (exact) mass is 1750 g/mol. The first-order valence-corrected chi connectivity index (χ1v) is 42.7. The Balaban J connectivity index is 0.000000120. The van der Waals surface area contributed by atoms with Gasteiger partial charge in [-0.15, -0.1) is 0 Å². The van der Waals surface area contributed by atoms with Crippen LogP contribution in [0, 0.1) is 17.5 Å². The van der Waals surface area contributed by atoms with Crippen molar-refractivity contribution in [2.75, 3.05) is 0 Å². The van der Waals surface area contributed by atoms with Crippen molar-refractivity contribution < 1.29 is 32.5 Å². The second-order valence-electron chi connectivity index (χ2n) is 31.6. The number of benzene rings is 15. The average Bonchev–Trinajstić information content (AvgIpc) is 1.59. The maximum Gasteiger partial charge on any atom is 0.497 e. The average molecular weight is 1750 g/mol. The standard InChI is InChI=1S/C39H32BFN4O2.C33H20ClFN4.C27H17ClN4.C6H5BClFO2/c1-38(2)39(3,4)47-40(46-38)30-24-26(22-23-31(30)41)36-42-35(25-14-7-5-8-15-25)43-37(44-36)29-19-13-21-33-34(29)28-18-11-12-20-32(28)45(33)27-16-9-6-10-17-27;34-26-20-22(18-19-27(26)35)32-36-31(21-10-3-1-4-11-21)37-33(38-32)25-15-9-17-29-30(25)24-14-7-8-16-28(24)39(29)23-12-5-2-6-13-23;28-27-30-25(18-10-3-1-4-11-18)29-26(31-27)21-15-9-17-23-24(21)20-14-7-8-16-22(20)32(23)19-12-5-2-6-13-19;8-5-3-4(7(10)11)1-2-6(5)9/h5-24H,1-4H3;1-20H;1-17H;1-3,10-11H. The molecule has 626 valence electrons. The Kier molecular flexibility index (Phi) is 23.2. The van der Waals surface area contributed by atoms with Gasteiger partial charge in [-0.2, -0.15) is 9.97 Å². The summed E-state index contributed by atoms with van der Waals surface area (Å²) >= 11 is 17.8. The number of rotatable bonds is 13. The summed E-state index contributed by atoms with van der Waals surface area (Å²) in [5, 5.41) is 23.8. The highest BCUT2D eigenvalue weighted by atomic mass is 35.5. The number of para-hydroxylation sites is 6. The molecule has 0 bridgehead atoms. The minimum Gasteiger partial charge on any atom is -0.423 e. The van der Waals surface area contributed by atoms with E-state index in [-0.39, 0.29) is 20.8 Å². The van der Waals surface area contributed by atoms with Gasteiger partial charge in [0.25, 0.3) is 0 Å². The Bertz CT molecular complexity index is 7770. The molecular weight excluding hydrogens is 1680 g/mol. The zero-order chi connectivity index (χ0) is 88.6. The zero-order valence-corrected chi connectivity index (χ0v) is 71.9. The van der Waals surface area contributed by atoms with Crippen molar-refractivity contribution in [1.82, 2.24) is 58.6 Å². The summed E-state index contributed by atoms with van der Waals surface area (Å²) < 4.78 is 61.1. The minimum atomic E-state index is -1.60. The number of fused-ring (bicyclic) bond motifs is 9. The lowest BCUT2D eigenvalue weighted by Crippen LogP contribution is -2.41. The van der Waals surface area contributed by atoms with Crippen LogP contribution in [0.15, 0.2) is 364 Å². The van der Waals surface area contributed by atoms with Gasteiger partial charge in [0.05, 0.1) is 54.3 Å². The van der Waals surface area contributed by atoms with Crippen molar-refractivity contribution in [3.8, 4) is 108 Å². The topological polar surface area (TPSA) is 190 Å². The molecule has 129 heavy (non-hydrogen) atoms. The zero-order valence-electron chi connectivity index (χ0n) is 69.6. The van der Waals surface area contributed by atoms with Crippen LogP contribution < -0.4 is 10.9 Å². The van der Waals surface area contributed by atoms with E-state index < -0.39 is 42.9 Å². The van der Waals surface area contributed by atoms with Crippen LogP contribution in [0.25, 0.3) is 174 Å². The predicted octanol–water partition coefficient (Wildman–Crippen LogP) is 24.3. The molecule has 15 aromatic carbocycles. The molecule has 0 spiro atoms. The maximum absolute atomic E-state index is 15.4. The molecule has 24 heteroatoms. The summed E-state index contributed by atoms with van der Waals surface area (Å²) in [4.78, 5) is 43.3. The summed E-state index contributed by atoms with van der Waals surface area (Å²) in [5.41, 5.74) is 15.5. The first-order chi connectivity index (χ1) is 62.8. The molecule has 22 rings (SSSR count). The third-order valence-corrected chi connectivity index (χ3v) is 23.8. The Hall–Kier alpha value is -14.6. The smallest absolute Gasteiger partial charge is 0.423 e. The summed E-state index contributed by atoms with van der Waals surface area (Å²) in [7, 11) is -2.47. The van der Waals surface area contributed by atoms with Gasteiger partial charge in [0.15, 0.2) is 46.6 Å². The molecule has 21 aromatic rings. The molecule has 1 saturated heterocycles. The van der Waals surface area contributed by atoms with Crippen molar-refractivity contribution in [3.05, 3.63) is 397 Å². The summed E-state index contributed by atoms with van der Waals surface area (Å²) in [6, 6.07) is 117. The number of halogens is 6. The van der Waals surface area contributed by atoms with E-state index in [0.29, 0.717) is 63.2 Å². The molecule has 0 saturated carbocycles. The van der Waals surface area contributed by atoms with Gasteiger partial charge in [-0.05, 0) is 166 Å². The van der Waals surface area contributed by atoms with Crippen molar-refractivity contribution in [1.29, 1.82) is 0 Å². The van der Waals surface area contributed by atoms with Crippen LogP contribution in [-0.4, -0.2) is 94.0 Å². The summed E-state index contributed by atoms with van der Waals surface area (Å²) in [6.45, 7) is 7.81.